The molecule has 0 spiro atoms. The van der Waals surface area contributed by atoms with Crippen LogP contribution in [-0.4, -0.2) is 32.8 Å². The zero-order chi connectivity index (χ0) is 8.27. The zero-order valence-electron chi connectivity index (χ0n) is 5.69. The van der Waals surface area contributed by atoms with Crippen LogP contribution in [0.3, 0.4) is 0 Å². The van der Waals surface area contributed by atoms with E-state index in [0.29, 0.717) is 0 Å². The predicted molar refractivity (Wildman–Crippen MR) is 36.1 cm³/mol. The molecule has 1 aromatic rings. The molecule has 0 radical (unpaired) electrons. The summed E-state index contributed by atoms with van der Waals surface area (Å²) < 4.78 is 0. The van der Waals surface area contributed by atoms with Gasteiger partial charge in [-0.25, -0.2) is 4.98 Å². The minimum atomic E-state index is -1.08. The Bertz CT molecular complexity index is 232. The molecule has 0 aliphatic rings. The van der Waals surface area contributed by atoms with Crippen LogP contribution in [-0.2, 0) is 4.79 Å². The highest BCUT2D eigenvalue weighted by Gasteiger charge is 2.20. The topological polar surface area (TPSA) is 86.2 Å². The molecular weight excluding hydrogens is 148 g/mol. The van der Waals surface area contributed by atoms with E-state index in [-0.39, 0.29) is 5.82 Å². The molecule has 0 aromatic carbocycles. The van der Waals surface area contributed by atoms with Crippen molar-refractivity contribution in [1.82, 2.24) is 9.97 Å². The van der Waals surface area contributed by atoms with Gasteiger partial charge in [-0.05, 0) is 0 Å². The standard InChI is InChI=1S/C6H8N2O3/c9-3-4(6(10)11)5-7-1-2-8-5/h1-2,4,9H,3H2,(H,7,8)(H,10,11). The highest BCUT2D eigenvalue weighted by molar-refractivity contribution is 5.74. The number of hydrogen-bond donors (Lipinski definition) is 3. The molecule has 5 heteroatoms. The lowest BCUT2D eigenvalue weighted by Gasteiger charge is -2.03. The van der Waals surface area contributed by atoms with E-state index in [2.05, 4.69) is 9.97 Å². The fraction of sp³-hybridized carbons (Fsp3) is 0.333. The summed E-state index contributed by atoms with van der Waals surface area (Å²) in [6.45, 7) is -0.442. The Hall–Kier alpha value is -1.36. The summed E-state index contributed by atoms with van der Waals surface area (Å²) in [6.07, 6.45) is 2.96. The fourth-order valence-electron chi connectivity index (χ4n) is 0.750. The maximum atomic E-state index is 10.4. The summed E-state index contributed by atoms with van der Waals surface area (Å²) in [6, 6.07) is 0. The quantitative estimate of drug-likeness (QED) is 0.554. The second-order valence-electron chi connectivity index (χ2n) is 2.05. The van der Waals surface area contributed by atoms with E-state index in [1.165, 1.54) is 12.4 Å². The Morgan fingerprint density at radius 1 is 1.82 bits per heavy atom. The lowest BCUT2D eigenvalue weighted by molar-refractivity contribution is -0.139. The van der Waals surface area contributed by atoms with Crippen molar-refractivity contribution in [2.24, 2.45) is 0 Å². The minimum Gasteiger partial charge on any atom is -0.481 e. The highest BCUT2D eigenvalue weighted by Crippen LogP contribution is 2.08. The number of nitrogens with one attached hydrogen (secondary N) is 1. The lowest BCUT2D eigenvalue weighted by atomic mass is 10.1. The lowest BCUT2D eigenvalue weighted by Crippen LogP contribution is -2.16. The molecular formula is C6H8N2O3. The Kier molecular flexibility index (Phi) is 2.22. The van der Waals surface area contributed by atoms with Crippen molar-refractivity contribution >= 4 is 5.97 Å². The molecule has 1 atom stereocenters. The van der Waals surface area contributed by atoms with Crippen LogP contribution < -0.4 is 0 Å². The van der Waals surface area contributed by atoms with E-state index in [1.807, 2.05) is 0 Å². The molecule has 3 N–H and O–H groups in total. The summed E-state index contributed by atoms with van der Waals surface area (Å²) in [7, 11) is 0. The second-order valence-corrected chi connectivity index (χ2v) is 2.05. The number of aromatic nitrogens is 2. The van der Waals surface area contributed by atoms with Gasteiger partial charge in [0.05, 0.1) is 6.61 Å². The number of H-pyrrole nitrogens is 1. The molecule has 0 fully saturated rings. The molecule has 0 saturated heterocycles. The first-order chi connectivity index (χ1) is 5.25. The number of hydrogen-bond acceptors (Lipinski definition) is 3. The maximum Gasteiger partial charge on any atom is 0.316 e. The fourth-order valence-corrected chi connectivity index (χ4v) is 0.750. The maximum absolute atomic E-state index is 10.4. The van der Waals surface area contributed by atoms with Crippen molar-refractivity contribution in [2.75, 3.05) is 6.61 Å². The summed E-state index contributed by atoms with van der Waals surface area (Å²) in [5, 5.41) is 17.2. The van der Waals surface area contributed by atoms with Gasteiger partial charge in [0.1, 0.15) is 11.7 Å². The molecule has 0 bridgehead atoms. The number of carbonyl (C=O) groups is 1. The van der Waals surface area contributed by atoms with Gasteiger partial charge in [-0.2, -0.15) is 0 Å². The van der Waals surface area contributed by atoms with Crippen LogP contribution in [0, 0.1) is 0 Å². The van der Waals surface area contributed by atoms with Crippen molar-refractivity contribution in [2.45, 2.75) is 5.92 Å². The van der Waals surface area contributed by atoms with Crippen molar-refractivity contribution in [3.05, 3.63) is 18.2 Å². The van der Waals surface area contributed by atoms with Gasteiger partial charge in [0, 0.05) is 12.4 Å². The summed E-state index contributed by atoms with van der Waals surface area (Å²) >= 11 is 0. The average Bonchev–Trinajstić information content (AvgIpc) is 2.40. The Balaban J connectivity index is 2.79. The molecule has 1 heterocycles. The van der Waals surface area contributed by atoms with Crippen LogP contribution in [0.2, 0.25) is 0 Å². The number of imidazole rings is 1. The number of nitrogens with zero attached hydrogens (tertiary/aromatic N) is 1. The van der Waals surface area contributed by atoms with Crippen molar-refractivity contribution in [1.29, 1.82) is 0 Å². The molecule has 0 saturated carbocycles. The van der Waals surface area contributed by atoms with Crippen molar-refractivity contribution in [3.8, 4) is 0 Å². The van der Waals surface area contributed by atoms with Crippen molar-refractivity contribution in [3.63, 3.8) is 0 Å². The van der Waals surface area contributed by atoms with Gasteiger partial charge in [0.2, 0.25) is 0 Å². The Morgan fingerprint density at radius 2 is 2.55 bits per heavy atom. The number of rotatable bonds is 3. The van der Waals surface area contributed by atoms with E-state index in [4.69, 9.17) is 10.2 Å². The summed E-state index contributed by atoms with van der Waals surface area (Å²) in [5.41, 5.74) is 0. The minimum absolute atomic E-state index is 0.278. The number of carboxylic acids is 1. The smallest absolute Gasteiger partial charge is 0.316 e. The molecule has 60 valence electrons. The monoisotopic (exact) mass is 156 g/mol. The van der Waals surface area contributed by atoms with Crippen molar-refractivity contribution < 1.29 is 15.0 Å². The molecule has 1 rings (SSSR count). The van der Waals surface area contributed by atoms with E-state index in [0.717, 1.165) is 0 Å². The molecule has 0 aliphatic heterocycles. The predicted octanol–water partition coefficient (Wildman–Crippen LogP) is -0.430. The molecule has 11 heavy (non-hydrogen) atoms. The van der Waals surface area contributed by atoms with Crippen LogP contribution >= 0.6 is 0 Å². The molecule has 0 aliphatic carbocycles. The van der Waals surface area contributed by atoms with E-state index in [1.54, 1.807) is 0 Å². The Labute approximate surface area is 62.7 Å². The third-order valence-corrected chi connectivity index (χ3v) is 1.33. The summed E-state index contributed by atoms with van der Waals surface area (Å²) in [4.78, 5) is 16.7. The number of aliphatic hydroxyl groups excluding tert-OH is 1. The van der Waals surface area contributed by atoms with Crippen LogP contribution in [0.15, 0.2) is 12.4 Å². The molecule has 1 unspecified atom stereocenters. The first-order valence-corrected chi connectivity index (χ1v) is 3.08. The number of aliphatic carboxylic acids is 1. The molecule has 0 amide bonds. The first kappa shape index (κ1) is 7.74. The van der Waals surface area contributed by atoms with E-state index in [9.17, 15) is 4.79 Å². The van der Waals surface area contributed by atoms with Gasteiger partial charge in [0.25, 0.3) is 0 Å². The van der Waals surface area contributed by atoms with E-state index >= 15 is 0 Å². The SMILES string of the molecule is O=C(O)C(CO)c1ncc[nH]1. The number of carboxylic acid groups (broad SMARTS) is 1. The molecule has 1 aromatic heterocycles. The first-order valence-electron chi connectivity index (χ1n) is 3.08. The largest absolute Gasteiger partial charge is 0.481 e. The third-order valence-electron chi connectivity index (χ3n) is 1.33. The van der Waals surface area contributed by atoms with Crippen LogP contribution in [0.25, 0.3) is 0 Å². The van der Waals surface area contributed by atoms with Gasteiger partial charge in [-0.1, -0.05) is 0 Å². The zero-order valence-corrected chi connectivity index (χ0v) is 5.69. The number of aromatic amines is 1. The number of aliphatic hydroxyl groups is 1. The van der Waals surface area contributed by atoms with Gasteiger partial charge < -0.3 is 15.2 Å². The normalized spacial score (nSPS) is 12.8. The highest BCUT2D eigenvalue weighted by atomic mass is 16.4. The van der Waals surface area contributed by atoms with Crippen LogP contribution in [0.1, 0.15) is 11.7 Å². The Morgan fingerprint density at radius 3 is 2.91 bits per heavy atom. The van der Waals surface area contributed by atoms with Crippen LogP contribution in [0.5, 0.6) is 0 Å². The van der Waals surface area contributed by atoms with Gasteiger partial charge in [-0.15, -0.1) is 0 Å². The van der Waals surface area contributed by atoms with Gasteiger partial charge >= 0.3 is 5.97 Å². The van der Waals surface area contributed by atoms with Gasteiger partial charge in [-0.3, -0.25) is 4.79 Å². The van der Waals surface area contributed by atoms with E-state index < -0.39 is 18.5 Å². The molecule has 5 nitrogen and oxygen atoms in total. The summed E-state index contributed by atoms with van der Waals surface area (Å²) in [5.74, 6) is -1.74. The average molecular weight is 156 g/mol. The third kappa shape index (κ3) is 1.56. The second kappa shape index (κ2) is 3.16. The van der Waals surface area contributed by atoms with Crippen LogP contribution in [0.4, 0.5) is 0 Å². The van der Waals surface area contributed by atoms with Gasteiger partial charge in [0.15, 0.2) is 0 Å².